The summed E-state index contributed by atoms with van der Waals surface area (Å²) in [7, 11) is 1.74. The van der Waals surface area contributed by atoms with Crippen molar-refractivity contribution in [2.75, 3.05) is 13.7 Å². The van der Waals surface area contributed by atoms with E-state index in [2.05, 4.69) is 42.5 Å². The third kappa shape index (κ3) is 3.11. The third-order valence-corrected chi connectivity index (χ3v) is 4.65. The van der Waals surface area contributed by atoms with Gasteiger partial charge in [-0.15, -0.1) is 0 Å². The summed E-state index contributed by atoms with van der Waals surface area (Å²) in [6.45, 7) is 0.742. The molecule has 2 aromatic rings. The minimum atomic E-state index is 0.534. The van der Waals surface area contributed by atoms with Gasteiger partial charge < -0.3 is 10.5 Å². The molecule has 110 valence electrons. The monoisotopic (exact) mass is 281 g/mol. The van der Waals surface area contributed by atoms with Gasteiger partial charge in [0.1, 0.15) is 5.75 Å². The largest absolute Gasteiger partial charge is 0.496 e. The van der Waals surface area contributed by atoms with E-state index in [0.29, 0.717) is 17.8 Å². The zero-order valence-corrected chi connectivity index (χ0v) is 12.5. The quantitative estimate of drug-likeness (QED) is 0.877. The molecule has 0 saturated heterocycles. The van der Waals surface area contributed by atoms with Crippen molar-refractivity contribution in [3.05, 3.63) is 65.7 Å². The van der Waals surface area contributed by atoms with Gasteiger partial charge in [0.25, 0.3) is 0 Å². The van der Waals surface area contributed by atoms with Gasteiger partial charge in [0.15, 0.2) is 0 Å². The molecule has 0 radical (unpaired) electrons. The summed E-state index contributed by atoms with van der Waals surface area (Å²) in [5, 5.41) is 0. The zero-order valence-electron chi connectivity index (χ0n) is 12.5. The molecule has 0 aromatic heterocycles. The summed E-state index contributed by atoms with van der Waals surface area (Å²) in [6, 6.07) is 19.1. The molecule has 1 fully saturated rings. The molecular weight excluding hydrogens is 258 g/mol. The Morgan fingerprint density at radius 3 is 2.52 bits per heavy atom. The Hall–Kier alpha value is -1.80. The van der Waals surface area contributed by atoms with Crippen LogP contribution >= 0.6 is 0 Å². The molecule has 3 unspecified atom stereocenters. The highest BCUT2D eigenvalue weighted by molar-refractivity contribution is 5.34. The highest BCUT2D eigenvalue weighted by Crippen LogP contribution is 2.52. The van der Waals surface area contributed by atoms with E-state index in [1.165, 1.54) is 17.5 Å². The number of methoxy groups -OCH3 is 1. The number of nitrogens with two attached hydrogens (primary N) is 1. The van der Waals surface area contributed by atoms with Gasteiger partial charge in [-0.05, 0) is 54.3 Å². The summed E-state index contributed by atoms with van der Waals surface area (Å²) in [4.78, 5) is 0. The first-order valence-electron chi connectivity index (χ1n) is 7.70. The minimum absolute atomic E-state index is 0.534. The van der Waals surface area contributed by atoms with Crippen molar-refractivity contribution in [3.63, 3.8) is 0 Å². The van der Waals surface area contributed by atoms with E-state index in [1.807, 2.05) is 12.1 Å². The number of hydrogen-bond donors (Lipinski definition) is 1. The van der Waals surface area contributed by atoms with Crippen LogP contribution in [0.5, 0.6) is 5.75 Å². The first-order valence-corrected chi connectivity index (χ1v) is 7.70. The Labute approximate surface area is 126 Å². The third-order valence-electron chi connectivity index (χ3n) is 4.65. The number of ether oxygens (including phenoxy) is 1. The summed E-state index contributed by atoms with van der Waals surface area (Å²) in [6.07, 6.45) is 2.27. The maximum absolute atomic E-state index is 6.05. The van der Waals surface area contributed by atoms with Gasteiger partial charge >= 0.3 is 0 Å². The fourth-order valence-electron chi connectivity index (χ4n) is 3.38. The van der Waals surface area contributed by atoms with E-state index in [9.17, 15) is 0 Å². The number of benzene rings is 2. The van der Waals surface area contributed by atoms with Crippen molar-refractivity contribution in [3.8, 4) is 5.75 Å². The SMILES string of the molecule is COc1ccccc1CC(CN)C1CC1c1ccccc1. The molecule has 0 bridgehead atoms. The van der Waals surface area contributed by atoms with Crippen molar-refractivity contribution < 1.29 is 4.74 Å². The Balaban J connectivity index is 1.70. The van der Waals surface area contributed by atoms with Gasteiger partial charge in [0, 0.05) is 0 Å². The predicted octanol–water partition coefficient (Wildman–Crippen LogP) is 3.62. The lowest BCUT2D eigenvalue weighted by atomic mass is 9.92. The summed E-state index contributed by atoms with van der Waals surface area (Å²) >= 11 is 0. The summed E-state index contributed by atoms with van der Waals surface area (Å²) in [5.74, 6) is 2.91. The van der Waals surface area contributed by atoms with Crippen molar-refractivity contribution >= 4 is 0 Å². The van der Waals surface area contributed by atoms with Crippen LogP contribution in [0.25, 0.3) is 0 Å². The summed E-state index contributed by atoms with van der Waals surface area (Å²) in [5.41, 5.74) is 8.78. The first-order chi connectivity index (χ1) is 10.3. The predicted molar refractivity (Wildman–Crippen MR) is 86.5 cm³/mol. The molecule has 0 amide bonds. The molecular formula is C19H23NO. The van der Waals surface area contributed by atoms with E-state index < -0.39 is 0 Å². The van der Waals surface area contributed by atoms with Crippen molar-refractivity contribution in [2.24, 2.45) is 17.6 Å². The zero-order chi connectivity index (χ0) is 14.7. The molecule has 2 heteroatoms. The molecule has 0 aliphatic heterocycles. The van der Waals surface area contributed by atoms with Crippen LogP contribution in [0.4, 0.5) is 0 Å². The van der Waals surface area contributed by atoms with E-state index in [4.69, 9.17) is 10.5 Å². The van der Waals surface area contributed by atoms with Gasteiger partial charge in [-0.25, -0.2) is 0 Å². The maximum Gasteiger partial charge on any atom is 0.122 e. The Bertz CT molecular complexity index is 581. The average Bonchev–Trinajstić information content (AvgIpc) is 3.34. The van der Waals surface area contributed by atoms with Crippen LogP contribution in [0, 0.1) is 11.8 Å². The Morgan fingerprint density at radius 1 is 1.10 bits per heavy atom. The molecule has 2 nitrogen and oxygen atoms in total. The lowest BCUT2D eigenvalue weighted by Gasteiger charge is -2.17. The van der Waals surface area contributed by atoms with E-state index in [0.717, 1.165) is 18.7 Å². The van der Waals surface area contributed by atoms with Gasteiger partial charge in [0.05, 0.1) is 7.11 Å². The summed E-state index contributed by atoms with van der Waals surface area (Å²) < 4.78 is 5.46. The first kappa shape index (κ1) is 14.2. The van der Waals surface area contributed by atoms with E-state index >= 15 is 0 Å². The fraction of sp³-hybridized carbons (Fsp3) is 0.368. The number of rotatable bonds is 6. The molecule has 2 N–H and O–H groups in total. The van der Waals surface area contributed by atoms with Gasteiger partial charge in [-0.2, -0.15) is 0 Å². The van der Waals surface area contributed by atoms with Crippen LogP contribution < -0.4 is 10.5 Å². The smallest absolute Gasteiger partial charge is 0.122 e. The number of hydrogen-bond acceptors (Lipinski definition) is 2. The second kappa shape index (κ2) is 6.31. The number of para-hydroxylation sites is 1. The van der Waals surface area contributed by atoms with Gasteiger partial charge in [-0.3, -0.25) is 0 Å². The van der Waals surface area contributed by atoms with Crippen LogP contribution in [0.2, 0.25) is 0 Å². The van der Waals surface area contributed by atoms with Crippen LogP contribution in [0.1, 0.15) is 23.5 Å². The molecule has 0 spiro atoms. The van der Waals surface area contributed by atoms with Gasteiger partial charge in [0.2, 0.25) is 0 Å². The molecule has 21 heavy (non-hydrogen) atoms. The average molecular weight is 281 g/mol. The molecule has 1 aliphatic rings. The Morgan fingerprint density at radius 2 is 1.81 bits per heavy atom. The second-order valence-corrected chi connectivity index (χ2v) is 5.93. The lowest BCUT2D eigenvalue weighted by Crippen LogP contribution is -2.20. The molecule has 2 aromatic carbocycles. The standard InChI is InChI=1S/C19H23NO/c1-21-19-10-6-5-9-15(19)11-16(13-20)18-12-17(18)14-7-3-2-4-8-14/h2-10,16-18H,11-13,20H2,1H3. The molecule has 0 heterocycles. The molecule has 1 saturated carbocycles. The Kier molecular flexibility index (Phi) is 4.26. The highest BCUT2D eigenvalue weighted by atomic mass is 16.5. The fourth-order valence-corrected chi connectivity index (χ4v) is 3.38. The van der Waals surface area contributed by atoms with Crippen LogP contribution in [0.3, 0.4) is 0 Å². The lowest BCUT2D eigenvalue weighted by molar-refractivity contribution is 0.397. The van der Waals surface area contributed by atoms with Crippen LogP contribution in [-0.2, 0) is 6.42 Å². The van der Waals surface area contributed by atoms with E-state index in [1.54, 1.807) is 7.11 Å². The molecule has 3 atom stereocenters. The second-order valence-electron chi connectivity index (χ2n) is 5.93. The highest BCUT2D eigenvalue weighted by Gasteiger charge is 2.43. The molecule has 1 aliphatic carbocycles. The van der Waals surface area contributed by atoms with Gasteiger partial charge in [-0.1, -0.05) is 48.5 Å². The van der Waals surface area contributed by atoms with Crippen LogP contribution in [-0.4, -0.2) is 13.7 Å². The minimum Gasteiger partial charge on any atom is -0.496 e. The van der Waals surface area contributed by atoms with E-state index in [-0.39, 0.29) is 0 Å². The maximum atomic E-state index is 6.05. The normalized spacial score (nSPS) is 21.8. The van der Waals surface area contributed by atoms with Crippen LogP contribution in [0.15, 0.2) is 54.6 Å². The van der Waals surface area contributed by atoms with Crippen molar-refractivity contribution in [1.29, 1.82) is 0 Å². The van der Waals surface area contributed by atoms with Crippen molar-refractivity contribution in [2.45, 2.75) is 18.8 Å². The topological polar surface area (TPSA) is 35.2 Å². The van der Waals surface area contributed by atoms with Crippen molar-refractivity contribution in [1.82, 2.24) is 0 Å². The molecule has 3 rings (SSSR count).